The second-order valence-corrected chi connectivity index (χ2v) is 6.18. The zero-order valence-electron chi connectivity index (χ0n) is 15.4. The fourth-order valence-corrected chi connectivity index (χ4v) is 3.41. The molecule has 1 unspecified atom stereocenters. The van der Waals surface area contributed by atoms with Gasteiger partial charge in [0.1, 0.15) is 11.5 Å². The number of allylic oxidation sites excluding steroid dienone is 1. The molecule has 2 aromatic rings. The second-order valence-electron chi connectivity index (χ2n) is 6.18. The van der Waals surface area contributed by atoms with Gasteiger partial charge in [-0.25, -0.2) is 0 Å². The molecule has 0 heterocycles. The lowest BCUT2D eigenvalue weighted by Crippen LogP contribution is -1.93. The maximum atomic E-state index is 5.57. The summed E-state index contributed by atoms with van der Waals surface area (Å²) >= 11 is 0. The Morgan fingerprint density at radius 1 is 0.840 bits per heavy atom. The summed E-state index contributed by atoms with van der Waals surface area (Å²) in [5.74, 6) is 3.56. The summed E-state index contributed by atoms with van der Waals surface area (Å²) in [6.45, 7) is 2.23. The molecule has 3 rings (SSSR count). The van der Waals surface area contributed by atoms with Gasteiger partial charge in [0.15, 0.2) is 11.5 Å². The lowest BCUT2D eigenvalue weighted by molar-refractivity contribution is 0.355. The zero-order valence-corrected chi connectivity index (χ0v) is 15.4. The Morgan fingerprint density at radius 2 is 1.56 bits per heavy atom. The van der Waals surface area contributed by atoms with E-state index in [1.807, 2.05) is 24.3 Å². The lowest BCUT2D eigenvalue weighted by atomic mass is 9.98. The molecule has 0 radical (unpaired) electrons. The maximum absolute atomic E-state index is 5.57. The van der Waals surface area contributed by atoms with E-state index in [1.165, 1.54) is 16.7 Å². The molecular weight excluding hydrogens is 316 g/mol. The molecule has 25 heavy (non-hydrogen) atoms. The summed E-state index contributed by atoms with van der Waals surface area (Å²) in [6, 6.07) is 10.0. The topological polar surface area (TPSA) is 36.9 Å². The SMILES string of the molecule is COc1cc(OC)c2c(c1)/C(=C/c1ccc(OC)c(OC)c1)C(C)C2. The predicted octanol–water partition coefficient (Wildman–Crippen LogP) is 4.45. The van der Waals surface area contributed by atoms with Crippen molar-refractivity contribution in [3.8, 4) is 23.0 Å². The highest BCUT2D eigenvalue weighted by atomic mass is 16.5. The van der Waals surface area contributed by atoms with Crippen molar-refractivity contribution in [2.45, 2.75) is 13.3 Å². The quantitative estimate of drug-likeness (QED) is 0.805. The number of benzene rings is 2. The van der Waals surface area contributed by atoms with Gasteiger partial charge < -0.3 is 18.9 Å². The van der Waals surface area contributed by atoms with Crippen molar-refractivity contribution in [2.75, 3.05) is 28.4 Å². The Balaban J connectivity index is 2.09. The Morgan fingerprint density at radius 3 is 2.20 bits per heavy atom. The van der Waals surface area contributed by atoms with Crippen LogP contribution in [0.4, 0.5) is 0 Å². The van der Waals surface area contributed by atoms with Crippen molar-refractivity contribution in [1.29, 1.82) is 0 Å². The van der Waals surface area contributed by atoms with Gasteiger partial charge in [-0.05, 0) is 47.2 Å². The van der Waals surface area contributed by atoms with Gasteiger partial charge >= 0.3 is 0 Å². The van der Waals surface area contributed by atoms with E-state index in [0.29, 0.717) is 5.92 Å². The first kappa shape index (κ1) is 17.2. The molecule has 0 aromatic heterocycles. The maximum Gasteiger partial charge on any atom is 0.161 e. The summed E-state index contributed by atoms with van der Waals surface area (Å²) in [7, 11) is 6.68. The average Bonchev–Trinajstić information content (AvgIpc) is 2.96. The molecule has 0 saturated heterocycles. The summed E-state index contributed by atoms with van der Waals surface area (Å²) < 4.78 is 21.7. The molecule has 0 fully saturated rings. The minimum absolute atomic E-state index is 0.407. The van der Waals surface area contributed by atoms with Gasteiger partial charge in [0.05, 0.1) is 28.4 Å². The number of ether oxygens (including phenoxy) is 4. The molecule has 1 aliphatic rings. The molecule has 1 aliphatic carbocycles. The van der Waals surface area contributed by atoms with Crippen LogP contribution in [0.5, 0.6) is 23.0 Å². The Labute approximate surface area is 149 Å². The molecule has 2 aromatic carbocycles. The van der Waals surface area contributed by atoms with Crippen LogP contribution in [-0.4, -0.2) is 28.4 Å². The third-order valence-electron chi connectivity index (χ3n) is 4.72. The van der Waals surface area contributed by atoms with Crippen LogP contribution >= 0.6 is 0 Å². The van der Waals surface area contributed by atoms with Crippen LogP contribution in [0.25, 0.3) is 11.6 Å². The fraction of sp³-hybridized carbons (Fsp3) is 0.333. The number of methoxy groups -OCH3 is 4. The molecule has 4 heteroatoms. The third kappa shape index (κ3) is 3.16. The Kier molecular flexibility index (Phi) is 4.88. The molecule has 4 nitrogen and oxygen atoms in total. The third-order valence-corrected chi connectivity index (χ3v) is 4.72. The summed E-state index contributed by atoms with van der Waals surface area (Å²) in [5, 5.41) is 0. The van der Waals surface area contributed by atoms with Crippen molar-refractivity contribution in [1.82, 2.24) is 0 Å². The number of fused-ring (bicyclic) bond motifs is 1. The smallest absolute Gasteiger partial charge is 0.161 e. The Hall–Kier alpha value is -2.62. The first-order chi connectivity index (χ1) is 12.1. The molecular formula is C21H24O4. The van der Waals surface area contributed by atoms with Crippen LogP contribution in [0.15, 0.2) is 30.3 Å². The van der Waals surface area contributed by atoms with Gasteiger partial charge in [-0.1, -0.05) is 19.1 Å². The van der Waals surface area contributed by atoms with Crippen LogP contribution in [-0.2, 0) is 6.42 Å². The minimum Gasteiger partial charge on any atom is -0.497 e. The Bertz CT molecular complexity index is 808. The minimum atomic E-state index is 0.407. The second kappa shape index (κ2) is 7.09. The van der Waals surface area contributed by atoms with Crippen LogP contribution in [0.1, 0.15) is 23.6 Å². The van der Waals surface area contributed by atoms with Crippen molar-refractivity contribution in [2.24, 2.45) is 5.92 Å². The first-order valence-electron chi connectivity index (χ1n) is 8.30. The van der Waals surface area contributed by atoms with Gasteiger partial charge in [-0.2, -0.15) is 0 Å². The van der Waals surface area contributed by atoms with Gasteiger partial charge in [-0.3, -0.25) is 0 Å². The van der Waals surface area contributed by atoms with E-state index >= 15 is 0 Å². The molecule has 1 atom stereocenters. The number of hydrogen-bond acceptors (Lipinski definition) is 4. The highest BCUT2D eigenvalue weighted by Gasteiger charge is 2.27. The van der Waals surface area contributed by atoms with Gasteiger partial charge in [-0.15, -0.1) is 0 Å². The normalized spacial score (nSPS) is 17.3. The molecule has 0 spiro atoms. The monoisotopic (exact) mass is 340 g/mol. The van der Waals surface area contributed by atoms with Crippen molar-refractivity contribution >= 4 is 11.6 Å². The molecule has 132 valence electrons. The van der Waals surface area contributed by atoms with E-state index < -0.39 is 0 Å². The van der Waals surface area contributed by atoms with E-state index in [1.54, 1.807) is 28.4 Å². The molecule has 0 bridgehead atoms. The van der Waals surface area contributed by atoms with Crippen molar-refractivity contribution < 1.29 is 18.9 Å². The largest absolute Gasteiger partial charge is 0.497 e. The van der Waals surface area contributed by atoms with Crippen LogP contribution < -0.4 is 18.9 Å². The van der Waals surface area contributed by atoms with E-state index in [9.17, 15) is 0 Å². The molecule has 0 amide bonds. The highest BCUT2D eigenvalue weighted by Crippen LogP contribution is 2.45. The van der Waals surface area contributed by atoms with Crippen LogP contribution in [0, 0.1) is 5.92 Å². The summed E-state index contributed by atoms with van der Waals surface area (Å²) in [5.41, 5.74) is 4.79. The standard InChI is InChI=1S/C21H24O4/c1-13-8-18-17(11-15(22-2)12-20(18)24-4)16(13)9-14-6-7-19(23-3)21(10-14)25-5/h6-7,9-13H,8H2,1-5H3/b16-9+. The van der Waals surface area contributed by atoms with E-state index in [4.69, 9.17) is 18.9 Å². The van der Waals surface area contributed by atoms with Gasteiger partial charge in [0.2, 0.25) is 0 Å². The van der Waals surface area contributed by atoms with E-state index in [2.05, 4.69) is 19.1 Å². The zero-order chi connectivity index (χ0) is 18.0. The lowest BCUT2D eigenvalue weighted by Gasteiger charge is -2.11. The van der Waals surface area contributed by atoms with Crippen LogP contribution in [0.3, 0.4) is 0 Å². The number of hydrogen-bond donors (Lipinski definition) is 0. The van der Waals surface area contributed by atoms with Crippen molar-refractivity contribution in [3.05, 3.63) is 47.0 Å². The molecule has 0 aliphatic heterocycles. The summed E-state index contributed by atoms with van der Waals surface area (Å²) in [6.07, 6.45) is 3.17. The fourth-order valence-electron chi connectivity index (χ4n) is 3.41. The number of rotatable bonds is 5. The van der Waals surface area contributed by atoms with Crippen molar-refractivity contribution in [3.63, 3.8) is 0 Å². The summed E-state index contributed by atoms with van der Waals surface area (Å²) in [4.78, 5) is 0. The van der Waals surface area contributed by atoms with E-state index in [0.717, 1.165) is 35.0 Å². The van der Waals surface area contributed by atoms with Gasteiger partial charge in [0, 0.05) is 11.6 Å². The molecule has 0 saturated carbocycles. The average molecular weight is 340 g/mol. The predicted molar refractivity (Wildman–Crippen MR) is 99.8 cm³/mol. The highest BCUT2D eigenvalue weighted by molar-refractivity contribution is 5.88. The molecule has 0 N–H and O–H groups in total. The van der Waals surface area contributed by atoms with E-state index in [-0.39, 0.29) is 0 Å². The van der Waals surface area contributed by atoms with Gasteiger partial charge in [0.25, 0.3) is 0 Å². The first-order valence-corrected chi connectivity index (χ1v) is 8.30. The van der Waals surface area contributed by atoms with Crippen LogP contribution in [0.2, 0.25) is 0 Å².